The van der Waals surface area contributed by atoms with Crippen LogP contribution < -0.4 is 0 Å². The number of esters is 3. The van der Waals surface area contributed by atoms with Gasteiger partial charge >= 0.3 is 17.9 Å². The van der Waals surface area contributed by atoms with Crippen molar-refractivity contribution in [1.29, 1.82) is 0 Å². The Morgan fingerprint density at radius 1 is 0.250 bits per heavy atom. The third kappa shape index (κ3) is 51.4. The molecular formula is C58H112O6. The lowest BCUT2D eigenvalue weighted by Crippen LogP contribution is -2.30. The van der Waals surface area contributed by atoms with Gasteiger partial charge in [-0.05, 0) is 19.3 Å². The van der Waals surface area contributed by atoms with Crippen LogP contribution in [0.4, 0.5) is 0 Å². The molecule has 380 valence electrons. The first-order valence-electron chi connectivity index (χ1n) is 29.0. The molecule has 0 saturated carbocycles. The Kier molecular flexibility index (Phi) is 52.7. The molecule has 0 rings (SSSR count). The van der Waals surface area contributed by atoms with Crippen molar-refractivity contribution in [3.8, 4) is 0 Å². The number of ether oxygens (including phenoxy) is 3. The predicted octanol–water partition coefficient (Wildman–Crippen LogP) is 19.2. The zero-order valence-electron chi connectivity index (χ0n) is 43.6. The van der Waals surface area contributed by atoms with Gasteiger partial charge in [-0.2, -0.15) is 0 Å². The summed E-state index contributed by atoms with van der Waals surface area (Å²) >= 11 is 0. The highest BCUT2D eigenvalue weighted by Crippen LogP contribution is 2.18. The highest BCUT2D eigenvalue weighted by molar-refractivity contribution is 5.71. The van der Waals surface area contributed by atoms with Crippen molar-refractivity contribution in [2.45, 2.75) is 341 Å². The maximum absolute atomic E-state index is 12.8. The summed E-state index contributed by atoms with van der Waals surface area (Å²) in [6.07, 6.45) is 59.5. The van der Waals surface area contributed by atoms with Crippen molar-refractivity contribution in [3.05, 3.63) is 0 Å². The maximum atomic E-state index is 12.8. The number of unbranched alkanes of at least 4 members (excludes halogenated alkanes) is 43. The lowest BCUT2D eigenvalue weighted by Gasteiger charge is -2.18. The van der Waals surface area contributed by atoms with Crippen LogP contribution in [-0.2, 0) is 28.6 Å². The standard InChI is InChI=1S/C58H112O6/c1-4-7-10-13-16-19-22-25-27-29-31-33-36-39-42-45-48-51-57(60)63-54-55(53-62-56(59)50-47-44-41-38-35-32-24-21-18-15-12-9-6-3)64-58(61)52-49-46-43-40-37-34-30-28-26-23-20-17-14-11-8-5-2/h55H,4-54H2,1-3H3. The molecule has 0 bridgehead atoms. The Labute approximate surface area is 399 Å². The van der Waals surface area contributed by atoms with Gasteiger partial charge in [0.15, 0.2) is 6.10 Å². The van der Waals surface area contributed by atoms with E-state index in [0.717, 1.165) is 57.8 Å². The van der Waals surface area contributed by atoms with Crippen molar-refractivity contribution in [1.82, 2.24) is 0 Å². The van der Waals surface area contributed by atoms with Crippen LogP contribution in [0.15, 0.2) is 0 Å². The van der Waals surface area contributed by atoms with Gasteiger partial charge in [-0.3, -0.25) is 14.4 Å². The van der Waals surface area contributed by atoms with Crippen LogP contribution in [0, 0.1) is 0 Å². The molecule has 0 aromatic rings. The molecule has 1 unspecified atom stereocenters. The van der Waals surface area contributed by atoms with E-state index in [9.17, 15) is 14.4 Å². The summed E-state index contributed by atoms with van der Waals surface area (Å²) in [6.45, 7) is 6.71. The van der Waals surface area contributed by atoms with Gasteiger partial charge in [-0.1, -0.05) is 297 Å². The lowest BCUT2D eigenvalue weighted by molar-refractivity contribution is -0.167. The van der Waals surface area contributed by atoms with E-state index in [1.165, 1.54) is 238 Å². The average Bonchev–Trinajstić information content (AvgIpc) is 3.29. The molecule has 0 spiro atoms. The topological polar surface area (TPSA) is 78.9 Å². The van der Waals surface area contributed by atoms with E-state index >= 15 is 0 Å². The SMILES string of the molecule is CCCCCCCCCCCCCCCCCCCC(=O)OCC(COC(=O)CCCCCCCCCCCCCCC)OC(=O)CCCCCCCCCCCCCCCCCC. The Morgan fingerprint density at radius 3 is 0.625 bits per heavy atom. The van der Waals surface area contributed by atoms with Gasteiger partial charge in [0.05, 0.1) is 0 Å². The van der Waals surface area contributed by atoms with Gasteiger partial charge in [0.2, 0.25) is 0 Å². The fourth-order valence-corrected chi connectivity index (χ4v) is 8.98. The number of carbonyl (C=O) groups is 3. The molecule has 0 aliphatic carbocycles. The minimum atomic E-state index is -0.761. The second-order valence-electron chi connectivity index (χ2n) is 19.9. The zero-order valence-corrected chi connectivity index (χ0v) is 43.6. The summed E-state index contributed by atoms with van der Waals surface area (Å²) in [5, 5.41) is 0. The van der Waals surface area contributed by atoms with Gasteiger partial charge in [0.25, 0.3) is 0 Å². The van der Waals surface area contributed by atoms with Crippen LogP contribution >= 0.6 is 0 Å². The van der Waals surface area contributed by atoms with Gasteiger partial charge in [-0.15, -0.1) is 0 Å². The van der Waals surface area contributed by atoms with E-state index in [1.54, 1.807) is 0 Å². The van der Waals surface area contributed by atoms with E-state index in [2.05, 4.69) is 20.8 Å². The summed E-state index contributed by atoms with van der Waals surface area (Å²) < 4.78 is 16.9. The minimum absolute atomic E-state index is 0.0610. The smallest absolute Gasteiger partial charge is 0.306 e. The van der Waals surface area contributed by atoms with Gasteiger partial charge in [0.1, 0.15) is 13.2 Å². The fourth-order valence-electron chi connectivity index (χ4n) is 8.98. The van der Waals surface area contributed by atoms with E-state index in [1.807, 2.05) is 0 Å². The molecule has 0 radical (unpaired) electrons. The molecule has 0 heterocycles. The monoisotopic (exact) mass is 905 g/mol. The summed E-state index contributed by atoms with van der Waals surface area (Å²) in [4.78, 5) is 38.1. The van der Waals surface area contributed by atoms with Crippen LogP contribution in [0.5, 0.6) is 0 Å². The van der Waals surface area contributed by atoms with E-state index in [0.29, 0.717) is 19.3 Å². The van der Waals surface area contributed by atoms with Crippen LogP contribution in [0.3, 0.4) is 0 Å². The van der Waals surface area contributed by atoms with Crippen LogP contribution in [0.1, 0.15) is 335 Å². The molecule has 0 saturated heterocycles. The number of hydrogen-bond acceptors (Lipinski definition) is 6. The summed E-state index contributed by atoms with van der Waals surface area (Å²) in [6, 6.07) is 0. The van der Waals surface area contributed by atoms with Crippen molar-refractivity contribution >= 4 is 17.9 Å². The van der Waals surface area contributed by atoms with E-state index in [4.69, 9.17) is 14.2 Å². The molecule has 0 aliphatic heterocycles. The molecular weight excluding hydrogens is 793 g/mol. The molecule has 0 amide bonds. The largest absolute Gasteiger partial charge is 0.462 e. The van der Waals surface area contributed by atoms with Crippen molar-refractivity contribution in [2.75, 3.05) is 13.2 Å². The molecule has 0 N–H and O–H groups in total. The highest BCUT2D eigenvalue weighted by Gasteiger charge is 2.19. The van der Waals surface area contributed by atoms with Gasteiger partial charge in [-0.25, -0.2) is 0 Å². The summed E-state index contributed by atoms with van der Waals surface area (Å²) in [7, 11) is 0. The fraction of sp³-hybridized carbons (Fsp3) is 0.948. The second-order valence-corrected chi connectivity index (χ2v) is 19.9. The number of hydrogen-bond donors (Lipinski definition) is 0. The maximum Gasteiger partial charge on any atom is 0.306 e. The Hall–Kier alpha value is -1.59. The Balaban J connectivity index is 4.28. The first kappa shape index (κ1) is 62.4. The molecule has 0 fully saturated rings. The third-order valence-electron chi connectivity index (χ3n) is 13.4. The zero-order chi connectivity index (χ0) is 46.5. The summed E-state index contributed by atoms with van der Waals surface area (Å²) in [5.41, 5.74) is 0. The highest BCUT2D eigenvalue weighted by atomic mass is 16.6. The van der Waals surface area contributed by atoms with Crippen LogP contribution in [-0.4, -0.2) is 37.2 Å². The van der Waals surface area contributed by atoms with Gasteiger partial charge < -0.3 is 14.2 Å². The van der Waals surface area contributed by atoms with Crippen LogP contribution in [0.25, 0.3) is 0 Å². The molecule has 0 aromatic carbocycles. The van der Waals surface area contributed by atoms with Gasteiger partial charge in [0, 0.05) is 19.3 Å². The molecule has 6 nitrogen and oxygen atoms in total. The molecule has 0 aromatic heterocycles. The van der Waals surface area contributed by atoms with Crippen molar-refractivity contribution in [3.63, 3.8) is 0 Å². The van der Waals surface area contributed by atoms with E-state index < -0.39 is 6.10 Å². The van der Waals surface area contributed by atoms with Crippen LogP contribution in [0.2, 0.25) is 0 Å². The molecule has 0 aliphatic rings. The average molecular weight is 906 g/mol. The minimum Gasteiger partial charge on any atom is -0.462 e. The Bertz CT molecular complexity index is 951. The third-order valence-corrected chi connectivity index (χ3v) is 13.4. The van der Waals surface area contributed by atoms with Crippen molar-refractivity contribution in [2.24, 2.45) is 0 Å². The number of rotatable bonds is 54. The molecule has 6 heteroatoms. The summed E-state index contributed by atoms with van der Waals surface area (Å²) in [5.74, 6) is -0.831. The predicted molar refractivity (Wildman–Crippen MR) is 275 cm³/mol. The first-order valence-corrected chi connectivity index (χ1v) is 29.0. The molecule has 64 heavy (non-hydrogen) atoms. The van der Waals surface area contributed by atoms with E-state index in [-0.39, 0.29) is 31.1 Å². The Morgan fingerprint density at radius 2 is 0.422 bits per heavy atom. The quantitative estimate of drug-likeness (QED) is 0.0344. The first-order chi connectivity index (χ1) is 31.5. The number of carbonyl (C=O) groups excluding carboxylic acids is 3. The van der Waals surface area contributed by atoms with Crippen molar-refractivity contribution < 1.29 is 28.6 Å². The second kappa shape index (κ2) is 54.0. The molecule has 1 atom stereocenters. The normalized spacial score (nSPS) is 11.9. The lowest BCUT2D eigenvalue weighted by atomic mass is 10.0.